The van der Waals surface area contributed by atoms with Gasteiger partial charge in [-0.3, -0.25) is 9.52 Å². The Morgan fingerprint density at radius 1 is 1.16 bits per heavy atom. The minimum atomic E-state index is -3.55. The van der Waals surface area contributed by atoms with Gasteiger partial charge in [0.05, 0.1) is 22.5 Å². The normalized spacial score (nSPS) is 16.2. The van der Waals surface area contributed by atoms with Crippen LogP contribution in [0.3, 0.4) is 0 Å². The molecule has 2 aromatic rings. The van der Waals surface area contributed by atoms with E-state index in [0.717, 1.165) is 0 Å². The number of ether oxygens (including phenoxy) is 1. The van der Waals surface area contributed by atoms with E-state index in [1.807, 2.05) is 6.07 Å². The first-order chi connectivity index (χ1) is 11.8. The maximum absolute atomic E-state index is 12.3. The zero-order valence-electron chi connectivity index (χ0n) is 14.1. The van der Waals surface area contributed by atoms with Crippen molar-refractivity contribution in [1.82, 2.24) is 0 Å². The number of rotatable bonds is 4. The highest BCUT2D eigenvalue weighted by Crippen LogP contribution is 2.34. The number of hydrogen-bond donors (Lipinski definition) is 2. The molecule has 25 heavy (non-hydrogen) atoms. The van der Waals surface area contributed by atoms with E-state index in [1.165, 1.54) is 0 Å². The third-order valence-electron chi connectivity index (χ3n) is 3.91. The van der Waals surface area contributed by atoms with E-state index < -0.39 is 15.4 Å². The fourth-order valence-electron chi connectivity index (χ4n) is 2.43. The summed E-state index contributed by atoms with van der Waals surface area (Å²) in [5.41, 5.74) is 0.965. The molecule has 0 saturated heterocycles. The summed E-state index contributed by atoms with van der Waals surface area (Å²) in [6.07, 6.45) is 0. The molecule has 0 atom stereocenters. The number of sulfonamides is 1. The van der Waals surface area contributed by atoms with Gasteiger partial charge in [0.1, 0.15) is 12.4 Å². The molecule has 2 aromatic carbocycles. The van der Waals surface area contributed by atoms with E-state index in [-0.39, 0.29) is 18.3 Å². The van der Waals surface area contributed by atoms with Gasteiger partial charge in [-0.2, -0.15) is 0 Å². The summed E-state index contributed by atoms with van der Waals surface area (Å²) in [5.74, 6) is 0.192. The van der Waals surface area contributed by atoms with Gasteiger partial charge in [-0.1, -0.05) is 30.3 Å². The van der Waals surface area contributed by atoms with Gasteiger partial charge in [-0.15, -0.1) is 0 Å². The average Bonchev–Trinajstić information content (AvgIpc) is 2.65. The second kappa shape index (κ2) is 6.40. The van der Waals surface area contributed by atoms with Crippen LogP contribution in [0.15, 0.2) is 48.5 Å². The predicted octanol–water partition coefficient (Wildman–Crippen LogP) is 2.99. The number of carbonyl (C=O) groups excluding carboxylic acids is 1. The predicted molar refractivity (Wildman–Crippen MR) is 97.0 cm³/mol. The minimum Gasteiger partial charge on any atom is -0.490 e. The first-order valence-corrected chi connectivity index (χ1v) is 9.53. The van der Waals surface area contributed by atoms with Gasteiger partial charge in [0.2, 0.25) is 15.9 Å². The van der Waals surface area contributed by atoms with Crippen LogP contribution in [0.5, 0.6) is 5.75 Å². The first-order valence-electron chi connectivity index (χ1n) is 7.88. The van der Waals surface area contributed by atoms with Crippen molar-refractivity contribution in [3.05, 3.63) is 54.1 Å². The second-order valence-corrected chi connectivity index (χ2v) is 8.41. The molecule has 2 N–H and O–H groups in total. The highest BCUT2D eigenvalue weighted by molar-refractivity contribution is 7.91. The molecule has 0 spiro atoms. The van der Waals surface area contributed by atoms with E-state index in [0.29, 0.717) is 22.7 Å². The van der Waals surface area contributed by atoms with Crippen LogP contribution in [0.25, 0.3) is 0 Å². The van der Waals surface area contributed by atoms with Crippen LogP contribution in [0.4, 0.5) is 11.4 Å². The lowest BCUT2D eigenvalue weighted by atomic mass is 9.94. The van der Waals surface area contributed by atoms with Crippen molar-refractivity contribution >= 4 is 27.3 Å². The Labute approximate surface area is 147 Å². The van der Waals surface area contributed by atoms with Crippen molar-refractivity contribution in [1.29, 1.82) is 0 Å². The van der Waals surface area contributed by atoms with Crippen LogP contribution < -0.4 is 14.8 Å². The van der Waals surface area contributed by atoms with Crippen LogP contribution in [-0.2, 0) is 20.6 Å². The Morgan fingerprint density at radius 3 is 2.60 bits per heavy atom. The van der Waals surface area contributed by atoms with Gasteiger partial charge in [0.15, 0.2) is 0 Å². The van der Waals surface area contributed by atoms with Crippen LogP contribution in [0.1, 0.15) is 19.4 Å². The van der Waals surface area contributed by atoms with Gasteiger partial charge < -0.3 is 10.1 Å². The van der Waals surface area contributed by atoms with Gasteiger partial charge in [-0.05, 0) is 31.5 Å². The Bertz CT molecular complexity index is 893. The Hall–Kier alpha value is -2.54. The summed E-state index contributed by atoms with van der Waals surface area (Å²) in [7, 11) is -3.55. The fourth-order valence-corrected chi connectivity index (χ4v) is 3.62. The van der Waals surface area contributed by atoms with Crippen LogP contribution in [0, 0.1) is 5.41 Å². The number of amides is 1. The van der Waals surface area contributed by atoms with Crippen molar-refractivity contribution in [3.63, 3.8) is 0 Å². The van der Waals surface area contributed by atoms with Crippen LogP contribution >= 0.6 is 0 Å². The lowest BCUT2D eigenvalue weighted by Crippen LogP contribution is -2.33. The highest BCUT2D eigenvalue weighted by atomic mass is 32.2. The lowest BCUT2D eigenvalue weighted by Gasteiger charge is -2.18. The third-order valence-corrected chi connectivity index (χ3v) is 5.17. The molecule has 0 aliphatic carbocycles. The second-order valence-electron chi connectivity index (χ2n) is 6.68. The molecule has 0 fully saturated rings. The minimum absolute atomic E-state index is 0.116. The average molecular weight is 360 g/mol. The molecule has 0 saturated carbocycles. The van der Waals surface area contributed by atoms with E-state index in [4.69, 9.17) is 4.74 Å². The van der Waals surface area contributed by atoms with Gasteiger partial charge in [0.25, 0.3) is 0 Å². The Kier molecular flexibility index (Phi) is 4.43. The Balaban J connectivity index is 1.79. The topological polar surface area (TPSA) is 84.5 Å². The quantitative estimate of drug-likeness (QED) is 0.878. The van der Waals surface area contributed by atoms with Gasteiger partial charge in [0, 0.05) is 6.07 Å². The smallest absolute Gasteiger partial charge is 0.236 e. The highest BCUT2D eigenvalue weighted by Gasteiger charge is 2.32. The Morgan fingerprint density at radius 2 is 1.88 bits per heavy atom. The number of fused-ring (bicyclic) bond motifs is 1. The largest absolute Gasteiger partial charge is 0.490 e. The summed E-state index contributed by atoms with van der Waals surface area (Å²) >= 11 is 0. The molecule has 132 valence electrons. The fraction of sp³-hybridized carbons (Fsp3) is 0.278. The zero-order valence-corrected chi connectivity index (χ0v) is 14.9. The number of nitrogens with one attached hydrogen (secondary N) is 2. The number of hydrogen-bond acceptors (Lipinski definition) is 4. The maximum atomic E-state index is 12.3. The molecule has 0 radical (unpaired) electrons. The summed E-state index contributed by atoms with van der Waals surface area (Å²) in [5, 5.41) is 2.80. The molecule has 0 unspecified atom stereocenters. The summed E-state index contributed by atoms with van der Waals surface area (Å²) in [4.78, 5) is 12.1. The molecule has 1 heterocycles. The molecule has 1 aliphatic rings. The van der Waals surface area contributed by atoms with Crippen molar-refractivity contribution in [2.45, 2.75) is 19.6 Å². The number of benzene rings is 2. The molecule has 1 aliphatic heterocycles. The number of anilines is 2. The first kappa shape index (κ1) is 17.3. The third kappa shape index (κ3) is 4.11. The van der Waals surface area contributed by atoms with E-state index in [1.54, 1.807) is 56.3 Å². The molecule has 6 nitrogen and oxygen atoms in total. The van der Waals surface area contributed by atoms with Crippen molar-refractivity contribution < 1.29 is 17.9 Å². The van der Waals surface area contributed by atoms with E-state index in [9.17, 15) is 13.2 Å². The van der Waals surface area contributed by atoms with Crippen LogP contribution in [-0.4, -0.2) is 20.9 Å². The summed E-state index contributed by atoms with van der Waals surface area (Å²) < 4.78 is 32.9. The standard InChI is InChI=1S/C18H20N2O4S/c1-18(2)12-24-16-10-14(8-9-15(16)19-17(18)21)20-25(22,23)11-13-6-4-3-5-7-13/h3-10,20H,11-12H2,1-2H3,(H,19,21). The molecule has 1 amide bonds. The van der Waals surface area contributed by atoms with Crippen molar-refractivity contribution in [3.8, 4) is 5.75 Å². The van der Waals surface area contributed by atoms with Gasteiger partial charge in [-0.25, -0.2) is 8.42 Å². The lowest BCUT2D eigenvalue weighted by molar-refractivity contribution is -0.124. The van der Waals surface area contributed by atoms with Crippen molar-refractivity contribution in [2.75, 3.05) is 16.6 Å². The molecular formula is C18H20N2O4S. The van der Waals surface area contributed by atoms with E-state index >= 15 is 0 Å². The van der Waals surface area contributed by atoms with Gasteiger partial charge >= 0.3 is 0 Å². The molecular weight excluding hydrogens is 340 g/mol. The molecule has 3 rings (SSSR count). The van der Waals surface area contributed by atoms with Crippen molar-refractivity contribution in [2.24, 2.45) is 5.41 Å². The molecule has 0 bridgehead atoms. The van der Waals surface area contributed by atoms with E-state index in [2.05, 4.69) is 10.0 Å². The summed E-state index contributed by atoms with van der Waals surface area (Å²) in [6.45, 7) is 3.79. The maximum Gasteiger partial charge on any atom is 0.236 e. The SMILES string of the molecule is CC1(C)COc2cc(NS(=O)(=O)Cc3ccccc3)ccc2NC1=O. The molecule has 0 aromatic heterocycles. The monoisotopic (exact) mass is 360 g/mol. The zero-order chi connectivity index (χ0) is 18.1. The molecule has 7 heteroatoms. The summed E-state index contributed by atoms with van der Waals surface area (Å²) in [6, 6.07) is 13.8. The van der Waals surface area contributed by atoms with Crippen LogP contribution in [0.2, 0.25) is 0 Å². The number of carbonyl (C=O) groups is 1.